The number of aliphatic hydroxyl groups is 1. The third-order valence-electron chi connectivity index (χ3n) is 4.39. The van der Waals surface area contributed by atoms with Gasteiger partial charge in [-0.15, -0.1) is 0 Å². The van der Waals surface area contributed by atoms with Gasteiger partial charge in [-0.25, -0.2) is 0 Å². The van der Waals surface area contributed by atoms with E-state index in [9.17, 15) is 5.11 Å². The molecule has 0 radical (unpaired) electrons. The van der Waals surface area contributed by atoms with Gasteiger partial charge in [0.1, 0.15) is 0 Å². The second-order valence-electron chi connectivity index (χ2n) is 5.75. The molecule has 1 aliphatic rings. The maximum atomic E-state index is 9.53. The quantitative estimate of drug-likeness (QED) is 0.886. The highest BCUT2D eigenvalue weighted by molar-refractivity contribution is 5.27. The topological polar surface area (TPSA) is 45.1 Å². The molecule has 0 spiro atoms. The van der Waals surface area contributed by atoms with E-state index in [-0.39, 0.29) is 12.6 Å². The van der Waals surface area contributed by atoms with E-state index in [0.29, 0.717) is 12.0 Å². The number of benzene rings is 1. The summed E-state index contributed by atoms with van der Waals surface area (Å²) in [6, 6.07) is 16.9. The fourth-order valence-electron chi connectivity index (χ4n) is 3.23. The maximum Gasteiger partial charge on any atom is 0.0753 e. The van der Waals surface area contributed by atoms with Crippen LogP contribution in [0.3, 0.4) is 0 Å². The van der Waals surface area contributed by atoms with E-state index in [1.165, 1.54) is 12.0 Å². The Morgan fingerprint density at radius 3 is 2.62 bits per heavy atom. The fraction of sp³-hybridized carbons (Fsp3) is 0.389. The van der Waals surface area contributed by atoms with Crippen molar-refractivity contribution in [3.05, 3.63) is 66.0 Å². The van der Waals surface area contributed by atoms with Crippen LogP contribution in [0.1, 0.15) is 36.6 Å². The molecule has 0 aliphatic heterocycles. The van der Waals surface area contributed by atoms with Crippen LogP contribution in [0.15, 0.2) is 54.7 Å². The summed E-state index contributed by atoms with van der Waals surface area (Å²) in [5, 5.41) is 13.3. The van der Waals surface area contributed by atoms with Crippen molar-refractivity contribution in [1.82, 2.24) is 10.3 Å². The molecule has 3 rings (SSSR count). The van der Waals surface area contributed by atoms with Gasteiger partial charge in [-0.2, -0.15) is 0 Å². The van der Waals surface area contributed by atoms with Crippen LogP contribution >= 0.6 is 0 Å². The molecule has 1 aromatic heterocycles. The largest absolute Gasteiger partial charge is 0.396 e. The van der Waals surface area contributed by atoms with Crippen LogP contribution in [-0.4, -0.2) is 22.7 Å². The first-order chi connectivity index (χ1) is 10.4. The van der Waals surface area contributed by atoms with Crippen molar-refractivity contribution in [2.24, 2.45) is 5.92 Å². The van der Waals surface area contributed by atoms with Gasteiger partial charge in [-0.3, -0.25) is 4.98 Å². The third kappa shape index (κ3) is 3.31. The predicted octanol–water partition coefficient (Wildman–Crippen LogP) is 2.92. The number of nitrogens with one attached hydrogen (secondary N) is 1. The molecular weight excluding hydrogens is 260 g/mol. The molecule has 3 unspecified atom stereocenters. The molecule has 1 aromatic carbocycles. The SMILES string of the molecule is OCC1CCCC1NC(c1ccccc1)c1ccccn1. The van der Waals surface area contributed by atoms with Gasteiger partial charge >= 0.3 is 0 Å². The lowest BCUT2D eigenvalue weighted by atomic mass is 9.98. The second kappa shape index (κ2) is 6.83. The zero-order valence-electron chi connectivity index (χ0n) is 12.2. The summed E-state index contributed by atoms with van der Waals surface area (Å²) in [6.45, 7) is 0.265. The number of pyridine rings is 1. The fourth-order valence-corrected chi connectivity index (χ4v) is 3.23. The van der Waals surface area contributed by atoms with E-state index < -0.39 is 0 Å². The van der Waals surface area contributed by atoms with Crippen LogP contribution in [0.25, 0.3) is 0 Å². The summed E-state index contributed by atoms with van der Waals surface area (Å²) in [6.07, 6.45) is 5.26. The van der Waals surface area contributed by atoms with Crippen LogP contribution < -0.4 is 5.32 Å². The van der Waals surface area contributed by atoms with Gasteiger partial charge in [0.05, 0.1) is 11.7 Å². The number of nitrogens with zero attached hydrogens (tertiary/aromatic N) is 1. The molecule has 3 heteroatoms. The minimum absolute atomic E-state index is 0.0875. The zero-order valence-corrected chi connectivity index (χ0v) is 12.2. The molecule has 0 saturated heterocycles. The Morgan fingerprint density at radius 1 is 1.10 bits per heavy atom. The van der Waals surface area contributed by atoms with Crippen molar-refractivity contribution in [2.45, 2.75) is 31.3 Å². The Hall–Kier alpha value is -1.71. The molecule has 1 fully saturated rings. The highest BCUT2D eigenvalue weighted by Gasteiger charge is 2.29. The third-order valence-corrected chi connectivity index (χ3v) is 4.39. The Balaban J connectivity index is 1.86. The van der Waals surface area contributed by atoms with Gasteiger partial charge in [-0.1, -0.05) is 42.8 Å². The predicted molar refractivity (Wildman–Crippen MR) is 83.9 cm³/mol. The Morgan fingerprint density at radius 2 is 1.90 bits per heavy atom. The number of aliphatic hydroxyl groups excluding tert-OH is 1. The van der Waals surface area contributed by atoms with Crippen LogP contribution in [0.2, 0.25) is 0 Å². The van der Waals surface area contributed by atoms with E-state index in [4.69, 9.17) is 0 Å². The average Bonchev–Trinajstić information content (AvgIpc) is 3.01. The Labute approximate surface area is 126 Å². The van der Waals surface area contributed by atoms with Gasteiger partial charge in [-0.05, 0) is 36.5 Å². The highest BCUT2D eigenvalue weighted by atomic mass is 16.3. The summed E-state index contributed by atoms with van der Waals surface area (Å²) in [4.78, 5) is 4.52. The molecule has 21 heavy (non-hydrogen) atoms. The van der Waals surface area contributed by atoms with Gasteiger partial charge in [0.2, 0.25) is 0 Å². The van der Waals surface area contributed by atoms with Crippen LogP contribution in [0.5, 0.6) is 0 Å². The lowest BCUT2D eigenvalue weighted by Crippen LogP contribution is -2.37. The van der Waals surface area contributed by atoms with Crippen molar-refractivity contribution >= 4 is 0 Å². The molecule has 1 heterocycles. The van der Waals surface area contributed by atoms with Crippen LogP contribution in [0.4, 0.5) is 0 Å². The van der Waals surface area contributed by atoms with E-state index >= 15 is 0 Å². The summed E-state index contributed by atoms with van der Waals surface area (Å²) in [7, 11) is 0. The molecule has 1 saturated carbocycles. The van der Waals surface area contributed by atoms with Crippen molar-refractivity contribution in [3.8, 4) is 0 Å². The first-order valence-corrected chi connectivity index (χ1v) is 7.71. The molecule has 3 atom stereocenters. The van der Waals surface area contributed by atoms with Gasteiger partial charge < -0.3 is 10.4 Å². The number of rotatable bonds is 5. The number of aromatic nitrogens is 1. The standard InChI is InChI=1S/C18H22N2O/c21-13-15-9-6-11-16(15)20-18(14-7-2-1-3-8-14)17-10-4-5-12-19-17/h1-5,7-8,10,12,15-16,18,20-21H,6,9,11,13H2. The van der Waals surface area contributed by atoms with E-state index in [2.05, 4.69) is 40.6 Å². The van der Waals surface area contributed by atoms with Crippen molar-refractivity contribution < 1.29 is 5.11 Å². The van der Waals surface area contributed by atoms with Gasteiger partial charge in [0.15, 0.2) is 0 Å². The van der Waals surface area contributed by atoms with Crippen LogP contribution in [-0.2, 0) is 0 Å². The monoisotopic (exact) mass is 282 g/mol. The Bertz CT molecular complexity index is 504. The second-order valence-corrected chi connectivity index (χ2v) is 5.75. The van der Waals surface area contributed by atoms with Gasteiger partial charge in [0, 0.05) is 18.8 Å². The summed E-state index contributed by atoms with van der Waals surface area (Å²) >= 11 is 0. The first kappa shape index (κ1) is 14.2. The molecular formula is C18H22N2O. The normalized spacial score (nSPS) is 23.1. The number of hydrogen-bond donors (Lipinski definition) is 2. The van der Waals surface area contributed by atoms with E-state index in [1.807, 2.05) is 24.4 Å². The summed E-state index contributed by atoms with van der Waals surface area (Å²) in [5.41, 5.74) is 2.26. The summed E-state index contributed by atoms with van der Waals surface area (Å²) < 4.78 is 0. The molecule has 2 aromatic rings. The molecule has 0 amide bonds. The first-order valence-electron chi connectivity index (χ1n) is 7.71. The highest BCUT2D eigenvalue weighted by Crippen LogP contribution is 2.29. The molecule has 3 nitrogen and oxygen atoms in total. The lowest BCUT2D eigenvalue weighted by Gasteiger charge is -2.26. The van der Waals surface area contributed by atoms with Crippen molar-refractivity contribution in [1.29, 1.82) is 0 Å². The minimum atomic E-state index is 0.0875. The average molecular weight is 282 g/mol. The molecule has 110 valence electrons. The number of hydrogen-bond acceptors (Lipinski definition) is 3. The van der Waals surface area contributed by atoms with Crippen molar-refractivity contribution in [3.63, 3.8) is 0 Å². The molecule has 1 aliphatic carbocycles. The molecule has 2 N–H and O–H groups in total. The lowest BCUT2D eigenvalue weighted by molar-refractivity contribution is 0.201. The maximum absolute atomic E-state index is 9.53. The van der Waals surface area contributed by atoms with E-state index in [0.717, 1.165) is 18.5 Å². The molecule has 0 bridgehead atoms. The van der Waals surface area contributed by atoms with Crippen LogP contribution in [0, 0.1) is 5.92 Å². The zero-order chi connectivity index (χ0) is 14.5. The van der Waals surface area contributed by atoms with Gasteiger partial charge in [0.25, 0.3) is 0 Å². The minimum Gasteiger partial charge on any atom is -0.396 e. The summed E-state index contributed by atoms with van der Waals surface area (Å²) in [5.74, 6) is 0.361. The Kier molecular flexibility index (Phi) is 4.63. The van der Waals surface area contributed by atoms with E-state index in [1.54, 1.807) is 0 Å². The van der Waals surface area contributed by atoms with Crippen molar-refractivity contribution in [2.75, 3.05) is 6.61 Å². The smallest absolute Gasteiger partial charge is 0.0753 e.